The SMILES string of the molecule is O=C1CCC(N2C(=O)c3ccc(CNC4CCNC45CCC5)cc3C2=O)C(=O)N1. The van der Waals surface area contributed by atoms with E-state index in [0.29, 0.717) is 23.7 Å². The molecule has 4 amide bonds. The van der Waals surface area contributed by atoms with E-state index in [1.54, 1.807) is 12.1 Å². The predicted molar refractivity (Wildman–Crippen MR) is 103 cm³/mol. The molecule has 1 spiro atoms. The van der Waals surface area contributed by atoms with E-state index < -0.39 is 23.8 Å². The summed E-state index contributed by atoms with van der Waals surface area (Å²) in [5, 5.41) is 9.47. The molecule has 3 fully saturated rings. The van der Waals surface area contributed by atoms with Crippen LogP contribution < -0.4 is 16.0 Å². The van der Waals surface area contributed by atoms with Gasteiger partial charge in [0.2, 0.25) is 11.8 Å². The van der Waals surface area contributed by atoms with Crippen LogP contribution in [-0.4, -0.2) is 52.7 Å². The second kappa shape index (κ2) is 6.74. The van der Waals surface area contributed by atoms with Crippen LogP contribution in [0.15, 0.2) is 18.2 Å². The van der Waals surface area contributed by atoms with Crippen molar-refractivity contribution in [3.05, 3.63) is 34.9 Å². The van der Waals surface area contributed by atoms with Crippen LogP contribution in [0.3, 0.4) is 0 Å². The van der Waals surface area contributed by atoms with E-state index in [9.17, 15) is 19.2 Å². The number of benzene rings is 1. The average molecular weight is 396 g/mol. The molecular weight excluding hydrogens is 372 g/mol. The maximum absolute atomic E-state index is 12.9. The first-order valence-electron chi connectivity index (χ1n) is 10.3. The van der Waals surface area contributed by atoms with Gasteiger partial charge in [0.05, 0.1) is 11.1 Å². The molecule has 29 heavy (non-hydrogen) atoms. The van der Waals surface area contributed by atoms with Gasteiger partial charge in [0.25, 0.3) is 11.8 Å². The van der Waals surface area contributed by atoms with Crippen molar-refractivity contribution >= 4 is 23.6 Å². The molecule has 1 aliphatic carbocycles. The summed E-state index contributed by atoms with van der Waals surface area (Å²) in [6.45, 7) is 1.65. The van der Waals surface area contributed by atoms with E-state index in [2.05, 4.69) is 16.0 Å². The molecule has 0 aromatic heterocycles. The number of nitrogens with one attached hydrogen (secondary N) is 3. The van der Waals surface area contributed by atoms with Crippen molar-refractivity contribution < 1.29 is 19.2 Å². The molecule has 2 atom stereocenters. The molecule has 3 aliphatic heterocycles. The lowest BCUT2D eigenvalue weighted by Gasteiger charge is -2.44. The fourth-order valence-electron chi connectivity index (χ4n) is 5.11. The minimum atomic E-state index is -0.926. The van der Waals surface area contributed by atoms with Gasteiger partial charge in [-0.25, -0.2) is 0 Å². The Bertz CT molecular complexity index is 923. The molecule has 1 aromatic rings. The fourth-order valence-corrected chi connectivity index (χ4v) is 5.11. The zero-order chi connectivity index (χ0) is 20.2. The van der Waals surface area contributed by atoms with E-state index in [-0.39, 0.29) is 24.3 Å². The third-order valence-corrected chi connectivity index (χ3v) is 6.88. The van der Waals surface area contributed by atoms with Crippen LogP contribution in [0.5, 0.6) is 0 Å². The fraction of sp³-hybridized carbons (Fsp3) is 0.524. The number of rotatable bonds is 4. The summed E-state index contributed by atoms with van der Waals surface area (Å²) in [4.78, 5) is 50.2. The maximum atomic E-state index is 12.9. The van der Waals surface area contributed by atoms with E-state index in [0.717, 1.165) is 23.4 Å². The Morgan fingerprint density at radius 3 is 2.59 bits per heavy atom. The Morgan fingerprint density at radius 1 is 1.07 bits per heavy atom. The number of carbonyl (C=O) groups is 4. The number of amides is 4. The number of hydrogen-bond acceptors (Lipinski definition) is 6. The molecule has 4 aliphatic rings. The molecule has 152 valence electrons. The van der Waals surface area contributed by atoms with Gasteiger partial charge in [0.15, 0.2) is 0 Å². The van der Waals surface area contributed by atoms with Crippen molar-refractivity contribution in [2.24, 2.45) is 0 Å². The van der Waals surface area contributed by atoms with Crippen molar-refractivity contribution in [3.63, 3.8) is 0 Å². The van der Waals surface area contributed by atoms with Gasteiger partial charge in [-0.15, -0.1) is 0 Å². The first-order chi connectivity index (χ1) is 14.0. The highest BCUT2D eigenvalue weighted by Crippen LogP contribution is 2.39. The smallest absolute Gasteiger partial charge is 0.262 e. The van der Waals surface area contributed by atoms with Crippen LogP contribution in [-0.2, 0) is 16.1 Å². The van der Waals surface area contributed by atoms with E-state index in [4.69, 9.17) is 0 Å². The lowest BCUT2D eigenvalue weighted by atomic mass is 9.73. The minimum Gasteiger partial charge on any atom is -0.310 e. The number of piperidine rings is 1. The highest BCUT2D eigenvalue weighted by atomic mass is 16.2. The maximum Gasteiger partial charge on any atom is 0.262 e. The zero-order valence-electron chi connectivity index (χ0n) is 16.1. The predicted octanol–water partition coefficient (Wildman–Crippen LogP) is 0.462. The number of imide groups is 2. The summed E-state index contributed by atoms with van der Waals surface area (Å²) in [5.41, 5.74) is 1.82. The second-order valence-electron chi connectivity index (χ2n) is 8.49. The molecule has 0 radical (unpaired) electrons. The van der Waals surface area contributed by atoms with Gasteiger partial charge in [-0.1, -0.05) is 6.07 Å². The van der Waals surface area contributed by atoms with Crippen molar-refractivity contribution in [2.45, 2.75) is 62.7 Å². The van der Waals surface area contributed by atoms with Gasteiger partial charge in [-0.3, -0.25) is 29.4 Å². The molecule has 5 rings (SSSR count). The normalized spacial score (nSPS) is 27.9. The Balaban J connectivity index is 1.32. The molecule has 8 nitrogen and oxygen atoms in total. The molecular formula is C21H24N4O4. The molecule has 1 saturated carbocycles. The van der Waals surface area contributed by atoms with Gasteiger partial charge in [-0.2, -0.15) is 0 Å². The van der Waals surface area contributed by atoms with Crippen LogP contribution in [0, 0.1) is 0 Å². The quantitative estimate of drug-likeness (QED) is 0.639. The number of hydrogen-bond donors (Lipinski definition) is 3. The lowest BCUT2D eigenvalue weighted by Crippen LogP contribution is -2.57. The molecule has 2 unspecified atom stereocenters. The summed E-state index contributed by atoms with van der Waals surface area (Å²) < 4.78 is 0. The van der Waals surface area contributed by atoms with Crippen LogP contribution in [0.1, 0.15) is 64.8 Å². The first-order valence-corrected chi connectivity index (χ1v) is 10.3. The summed E-state index contributed by atoms with van der Waals surface area (Å²) in [5.74, 6) is -1.88. The number of carbonyl (C=O) groups excluding carboxylic acids is 4. The van der Waals surface area contributed by atoms with Gasteiger partial charge in [-0.05, 0) is 56.3 Å². The van der Waals surface area contributed by atoms with E-state index >= 15 is 0 Å². The van der Waals surface area contributed by atoms with Crippen LogP contribution in [0.4, 0.5) is 0 Å². The highest BCUT2D eigenvalue weighted by Gasteiger charge is 2.47. The molecule has 3 N–H and O–H groups in total. The number of nitrogens with zero attached hydrogens (tertiary/aromatic N) is 1. The molecule has 0 bridgehead atoms. The van der Waals surface area contributed by atoms with Gasteiger partial charge in [0.1, 0.15) is 6.04 Å². The Labute approximate surface area is 168 Å². The molecule has 1 aromatic carbocycles. The minimum absolute atomic E-state index is 0.121. The number of fused-ring (bicyclic) bond motifs is 1. The summed E-state index contributed by atoms with van der Waals surface area (Å²) in [6.07, 6.45) is 5.03. The summed E-state index contributed by atoms with van der Waals surface area (Å²) in [7, 11) is 0. The van der Waals surface area contributed by atoms with Gasteiger partial charge >= 0.3 is 0 Å². The summed E-state index contributed by atoms with van der Waals surface area (Å²) in [6, 6.07) is 4.78. The Hall–Kier alpha value is -2.58. The molecule has 2 saturated heterocycles. The van der Waals surface area contributed by atoms with Crippen LogP contribution in [0.2, 0.25) is 0 Å². The molecule has 8 heteroatoms. The monoisotopic (exact) mass is 396 g/mol. The van der Waals surface area contributed by atoms with Crippen LogP contribution >= 0.6 is 0 Å². The van der Waals surface area contributed by atoms with Gasteiger partial charge in [0, 0.05) is 24.5 Å². The van der Waals surface area contributed by atoms with Crippen LogP contribution in [0.25, 0.3) is 0 Å². The Kier molecular flexibility index (Phi) is 4.29. The lowest BCUT2D eigenvalue weighted by molar-refractivity contribution is -0.136. The first kappa shape index (κ1) is 18.4. The highest BCUT2D eigenvalue weighted by molar-refractivity contribution is 6.23. The third-order valence-electron chi connectivity index (χ3n) is 6.88. The summed E-state index contributed by atoms with van der Waals surface area (Å²) >= 11 is 0. The standard InChI is InChI=1S/C21H24N4O4/c26-17-5-4-15(18(27)24-17)25-19(28)13-3-2-12(10-14(13)20(25)29)11-22-16-6-9-23-21(16)7-1-8-21/h2-3,10,15-16,22-23H,1,4-9,11H2,(H,24,26,27). The van der Waals surface area contributed by atoms with Crippen molar-refractivity contribution in [2.75, 3.05) is 6.54 Å². The average Bonchev–Trinajstić information content (AvgIpc) is 3.21. The van der Waals surface area contributed by atoms with Gasteiger partial charge < -0.3 is 10.6 Å². The Morgan fingerprint density at radius 2 is 1.86 bits per heavy atom. The topological polar surface area (TPSA) is 108 Å². The molecule has 3 heterocycles. The second-order valence-corrected chi connectivity index (χ2v) is 8.49. The van der Waals surface area contributed by atoms with Crippen molar-refractivity contribution in [1.29, 1.82) is 0 Å². The largest absolute Gasteiger partial charge is 0.310 e. The van der Waals surface area contributed by atoms with Crippen molar-refractivity contribution in [1.82, 2.24) is 20.9 Å². The third kappa shape index (κ3) is 2.89. The zero-order valence-corrected chi connectivity index (χ0v) is 16.1. The van der Waals surface area contributed by atoms with E-state index in [1.807, 2.05) is 6.07 Å². The van der Waals surface area contributed by atoms with Crippen molar-refractivity contribution in [3.8, 4) is 0 Å². The van der Waals surface area contributed by atoms with E-state index in [1.165, 1.54) is 19.3 Å².